The van der Waals surface area contributed by atoms with Crippen LogP contribution in [-0.4, -0.2) is 29.2 Å². The summed E-state index contributed by atoms with van der Waals surface area (Å²) >= 11 is 0. The Kier molecular flexibility index (Phi) is 3.66. The van der Waals surface area contributed by atoms with Gasteiger partial charge in [-0.15, -0.1) is 0 Å². The normalized spacial score (nSPS) is 30.8. The van der Waals surface area contributed by atoms with Crippen molar-refractivity contribution in [1.29, 1.82) is 0 Å². The number of nitrogens with zero attached hydrogens (tertiary/aromatic N) is 1. The molecule has 0 radical (unpaired) electrons. The summed E-state index contributed by atoms with van der Waals surface area (Å²) in [7, 11) is 0. The SMILES string of the molecule is Cc1ccc(CNC(=O)CN2C(=O)[C@@H]3[C@@H]4CC[C@@H](C4)[C@@H]3C2=O)cc1. The summed E-state index contributed by atoms with van der Waals surface area (Å²) in [5, 5.41) is 2.81. The molecule has 2 bridgehead atoms. The molecule has 126 valence electrons. The van der Waals surface area contributed by atoms with E-state index < -0.39 is 0 Å². The number of carbonyl (C=O) groups is 3. The van der Waals surface area contributed by atoms with Crippen LogP contribution in [0.1, 0.15) is 30.4 Å². The van der Waals surface area contributed by atoms with Crippen molar-refractivity contribution in [3.8, 4) is 0 Å². The summed E-state index contributed by atoms with van der Waals surface area (Å²) in [6, 6.07) is 7.91. The maximum atomic E-state index is 12.6. The average molecular weight is 326 g/mol. The Morgan fingerprint density at radius 2 is 1.67 bits per heavy atom. The molecule has 2 saturated carbocycles. The fourth-order valence-electron chi connectivity index (χ4n) is 4.73. The van der Waals surface area contributed by atoms with Gasteiger partial charge in [0.2, 0.25) is 17.7 Å². The average Bonchev–Trinajstić information content (AvgIpc) is 3.24. The van der Waals surface area contributed by atoms with Gasteiger partial charge in [0.05, 0.1) is 11.8 Å². The molecule has 1 saturated heterocycles. The number of carbonyl (C=O) groups excluding carboxylic acids is 3. The highest BCUT2D eigenvalue weighted by Crippen LogP contribution is 2.55. The molecular formula is C19H22N2O3. The summed E-state index contributed by atoms with van der Waals surface area (Å²) in [6.45, 7) is 2.28. The van der Waals surface area contributed by atoms with Gasteiger partial charge in [0, 0.05) is 6.54 Å². The zero-order chi connectivity index (χ0) is 16.8. The van der Waals surface area contributed by atoms with Gasteiger partial charge in [0.25, 0.3) is 0 Å². The molecule has 5 heteroatoms. The monoisotopic (exact) mass is 326 g/mol. The van der Waals surface area contributed by atoms with Crippen molar-refractivity contribution in [2.45, 2.75) is 32.7 Å². The maximum absolute atomic E-state index is 12.6. The molecule has 1 N–H and O–H groups in total. The van der Waals surface area contributed by atoms with Crippen LogP contribution in [0.4, 0.5) is 0 Å². The first-order valence-electron chi connectivity index (χ1n) is 8.72. The van der Waals surface area contributed by atoms with E-state index in [4.69, 9.17) is 0 Å². The van der Waals surface area contributed by atoms with E-state index in [2.05, 4.69) is 5.32 Å². The van der Waals surface area contributed by atoms with Crippen LogP contribution in [0.15, 0.2) is 24.3 Å². The van der Waals surface area contributed by atoms with E-state index in [0.717, 1.165) is 24.8 Å². The number of aryl methyl sites for hydroxylation is 1. The van der Waals surface area contributed by atoms with Crippen LogP contribution in [0.2, 0.25) is 0 Å². The van der Waals surface area contributed by atoms with Gasteiger partial charge in [0.1, 0.15) is 6.54 Å². The molecule has 3 fully saturated rings. The minimum Gasteiger partial charge on any atom is -0.350 e. The second-order valence-electron chi connectivity index (χ2n) is 7.41. The Morgan fingerprint density at radius 1 is 1.08 bits per heavy atom. The zero-order valence-electron chi connectivity index (χ0n) is 13.8. The molecule has 4 rings (SSSR count). The van der Waals surface area contributed by atoms with Gasteiger partial charge in [-0.3, -0.25) is 19.3 Å². The number of amides is 3. The molecule has 2 aliphatic carbocycles. The van der Waals surface area contributed by atoms with Crippen molar-refractivity contribution in [3.05, 3.63) is 35.4 Å². The Balaban J connectivity index is 1.37. The number of hydrogen-bond donors (Lipinski definition) is 1. The first-order valence-corrected chi connectivity index (χ1v) is 8.72. The van der Waals surface area contributed by atoms with Gasteiger partial charge >= 0.3 is 0 Å². The molecule has 5 nitrogen and oxygen atoms in total. The molecule has 1 heterocycles. The third-order valence-electron chi connectivity index (χ3n) is 5.93. The Morgan fingerprint density at radius 3 is 2.25 bits per heavy atom. The van der Waals surface area contributed by atoms with E-state index in [1.807, 2.05) is 31.2 Å². The summed E-state index contributed by atoms with van der Waals surface area (Å²) in [4.78, 5) is 38.5. The lowest BCUT2D eigenvalue weighted by atomic mass is 9.81. The quantitative estimate of drug-likeness (QED) is 0.856. The third kappa shape index (κ3) is 2.43. The standard InChI is InChI=1S/C19H22N2O3/c1-11-2-4-12(5-3-11)9-20-15(22)10-21-18(23)16-13-6-7-14(8-13)17(16)19(21)24/h2-5,13-14,16-17H,6-10H2,1H3,(H,20,22)/t13-,14+,16-,17+. The van der Waals surface area contributed by atoms with E-state index in [9.17, 15) is 14.4 Å². The van der Waals surface area contributed by atoms with Crippen LogP contribution in [0, 0.1) is 30.6 Å². The van der Waals surface area contributed by atoms with Gasteiger partial charge in [-0.1, -0.05) is 29.8 Å². The fraction of sp³-hybridized carbons (Fsp3) is 0.526. The molecule has 3 amide bonds. The van der Waals surface area contributed by atoms with Gasteiger partial charge in [-0.05, 0) is 43.6 Å². The van der Waals surface area contributed by atoms with E-state index in [1.54, 1.807) is 0 Å². The van der Waals surface area contributed by atoms with Gasteiger partial charge in [-0.25, -0.2) is 0 Å². The predicted octanol–water partition coefficient (Wildman–Crippen LogP) is 1.64. The van der Waals surface area contributed by atoms with Crippen LogP contribution < -0.4 is 5.32 Å². The Hall–Kier alpha value is -2.17. The van der Waals surface area contributed by atoms with Crippen molar-refractivity contribution in [2.24, 2.45) is 23.7 Å². The van der Waals surface area contributed by atoms with Crippen LogP contribution in [0.5, 0.6) is 0 Å². The third-order valence-corrected chi connectivity index (χ3v) is 5.93. The largest absolute Gasteiger partial charge is 0.350 e. The minimum absolute atomic E-state index is 0.123. The first-order chi connectivity index (χ1) is 11.5. The van der Waals surface area contributed by atoms with E-state index >= 15 is 0 Å². The van der Waals surface area contributed by atoms with Crippen molar-refractivity contribution in [2.75, 3.05) is 6.54 Å². The number of hydrogen-bond acceptors (Lipinski definition) is 3. The Bertz CT molecular complexity index is 669. The van der Waals surface area contributed by atoms with E-state index in [-0.39, 0.29) is 36.1 Å². The molecule has 0 spiro atoms. The van der Waals surface area contributed by atoms with Gasteiger partial charge in [-0.2, -0.15) is 0 Å². The van der Waals surface area contributed by atoms with Crippen LogP contribution in [0.25, 0.3) is 0 Å². The van der Waals surface area contributed by atoms with E-state index in [1.165, 1.54) is 10.5 Å². The molecule has 0 unspecified atom stereocenters. The first kappa shape index (κ1) is 15.4. The number of benzene rings is 1. The lowest BCUT2D eigenvalue weighted by molar-refractivity contribution is -0.144. The number of imide groups is 1. The van der Waals surface area contributed by atoms with Gasteiger partial charge < -0.3 is 5.32 Å². The molecule has 1 aliphatic heterocycles. The van der Waals surface area contributed by atoms with Gasteiger partial charge in [0.15, 0.2) is 0 Å². The predicted molar refractivity (Wildman–Crippen MR) is 87.6 cm³/mol. The summed E-state index contributed by atoms with van der Waals surface area (Å²) in [5.74, 6) is -0.105. The summed E-state index contributed by atoms with van der Waals surface area (Å²) in [6.07, 6.45) is 3.12. The topological polar surface area (TPSA) is 66.5 Å². The highest BCUT2D eigenvalue weighted by Gasteiger charge is 2.60. The lowest BCUT2D eigenvalue weighted by Gasteiger charge is -2.19. The van der Waals surface area contributed by atoms with Crippen LogP contribution >= 0.6 is 0 Å². The highest BCUT2D eigenvalue weighted by molar-refractivity contribution is 6.08. The number of fused-ring (bicyclic) bond motifs is 5. The smallest absolute Gasteiger partial charge is 0.240 e. The minimum atomic E-state index is -0.274. The molecule has 0 aromatic heterocycles. The summed E-state index contributed by atoms with van der Waals surface area (Å²) in [5.41, 5.74) is 2.17. The molecule has 3 aliphatic rings. The molecule has 1 aromatic carbocycles. The molecule has 4 atom stereocenters. The zero-order valence-corrected chi connectivity index (χ0v) is 13.8. The number of nitrogens with one attached hydrogen (secondary N) is 1. The maximum Gasteiger partial charge on any atom is 0.240 e. The molecule has 1 aromatic rings. The fourth-order valence-corrected chi connectivity index (χ4v) is 4.73. The highest BCUT2D eigenvalue weighted by atomic mass is 16.2. The van der Waals surface area contributed by atoms with Crippen LogP contribution in [0.3, 0.4) is 0 Å². The van der Waals surface area contributed by atoms with Crippen LogP contribution in [-0.2, 0) is 20.9 Å². The molecular weight excluding hydrogens is 304 g/mol. The van der Waals surface area contributed by atoms with Crippen molar-refractivity contribution in [3.63, 3.8) is 0 Å². The lowest BCUT2D eigenvalue weighted by Crippen LogP contribution is -2.41. The number of rotatable bonds is 4. The number of likely N-dealkylation sites (tertiary alicyclic amines) is 1. The van der Waals surface area contributed by atoms with Crippen molar-refractivity contribution < 1.29 is 14.4 Å². The molecule has 24 heavy (non-hydrogen) atoms. The second-order valence-corrected chi connectivity index (χ2v) is 7.41. The summed E-state index contributed by atoms with van der Waals surface area (Å²) < 4.78 is 0. The Labute approximate surface area is 141 Å². The van der Waals surface area contributed by atoms with E-state index in [0.29, 0.717) is 18.4 Å². The van der Waals surface area contributed by atoms with Crippen molar-refractivity contribution >= 4 is 17.7 Å². The second kappa shape index (κ2) is 5.72. The van der Waals surface area contributed by atoms with Crippen molar-refractivity contribution in [1.82, 2.24) is 10.2 Å².